The van der Waals surface area contributed by atoms with E-state index in [0.29, 0.717) is 16.3 Å². The van der Waals surface area contributed by atoms with Crippen LogP contribution in [0.4, 0.5) is 0 Å². The van der Waals surface area contributed by atoms with Crippen molar-refractivity contribution in [3.05, 3.63) is 64.8 Å². The number of para-hydroxylation sites is 1. The Kier molecular flexibility index (Phi) is 3.65. The average Bonchev–Trinajstić information content (AvgIpc) is 2.93. The van der Waals surface area contributed by atoms with Gasteiger partial charge in [-0.1, -0.05) is 53.2 Å². The van der Waals surface area contributed by atoms with Crippen LogP contribution in [0.5, 0.6) is 0 Å². The first-order chi connectivity index (χ1) is 10.6. The molecule has 2 aromatic carbocycles. The number of carboxylic acids is 1. The Balaban J connectivity index is 2.33. The molecule has 5 nitrogen and oxygen atoms in total. The highest BCUT2D eigenvalue weighted by atomic mass is 35.5. The number of benzene rings is 2. The number of rotatable bonds is 3. The van der Waals surface area contributed by atoms with Crippen molar-refractivity contribution < 1.29 is 9.90 Å². The zero-order chi connectivity index (χ0) is 15.7. The van der Waals surface area contributed by atoms with Crippen LogP contribution in [0.1, 0.15) is 16.1 Å². The molecule has 1 N–H and O–H groups in total. The molecule has 0 atom stereocenters. The first-order valence-corrected chi connectivity index (χ1v) is 6.97. The highest BCUT2D eigenvalue weighted by molar-refractivity contribution is 6.33. The Morgan fingerprint density at radius 3 is 2.50 bits per heavy atom. The van der Waals surface area contributed by atoms with Gasteiger partial charge in [0.2, 0.25) is 0 Å². The standard InChI is InChI=1S/C16H12ClN3O2/c1-10-6-2-5-9-13(10)20-15(14(16(21)22)18-19-20)11-7-3-4-8-12(11)17/h2-9H,1H3,(H,21,22). The van der Waals surface area contributed by atoms with Gasteiger partial charge in [0.1, 0.15) is 5.69 Å². The van der Waals surface area contributed by atoms with Crippen LogP contribution >= 0.6 is 11.6 Å². The summed E-state index contributed by atoms with van der Waals surface area (Å²) in [4.78, 5) is 11.5. The van der Waals surface area contributed by atoms with E-state index in [9.17, 15) is 9.90 Å². The van der Waals surface area contributed by atoms with Crippen molar-refractivity contribution in [2.24, 2.45) is 0 Å². The first kappa shape index (κ1) is 14.3. The lowest BCUT2D eigenvalue weighted by molar-refractivity contribution is 0.0691. The minimum absolute atomic E-state index is 0.128. The molecule has 6 heteroatoms. The topological polar surface area (TPSA) is 68.0 Å². The molecule has 1 heterocycles. The third-order valence-electron chi connectivity index (χ3n) is 3.35. The van der Waals surface area contributed by atoms with Crippen LogP contribution in [0.2, 0.25) is 5.02 Å². The molecule has 0 bridgehead atoms. The highest BCUT2D eigenvalue weighted by Crippen LogP contribution is 2.31. The predicted molar refractivity (Wildman–Crippen MR) is 83.5 cm³/mol. The van der Waals surface area contributed by atoms with Gasteiger partial charge >= 0.3 is 5.97 Å². The SMILES string of the molecule is Cc1ccccc1-n1nnc(C(=O)O)c1-c1ccccc1Cl. The Morgan fingerprint density at radius 2 is 1.82 bits per heavy atom. The number of hydrogen-bond acceptors (Lipinski definition) is 3. The number of nitrogens with zero attached hydrogens (tertiary/aromatic N) is 3. The zero-order valence-electron chi connectivity index (χ0n) is 11.7. The van der Waals surface area contributed by atoms with Crippen molar-refractivity contribution in [1.29, 1.82) is 0 Å². The molecule has 0 aliphatic heterocycles. The van der Waals surface area contributed by atoms with Crippen LogP contribution in [-0.4, -0.2) is 26.1 Å². The maximum Gasteiger partial charge on any atom is 0.358 e. The summed E-state index contributed by atoms with van der Waals surface area (Å²) in [5.41, 5.74) is 2.54. The Morgan fingerprint density at radius 1 is 1.14 bits per heavy atom. The molecule has 22 heavy (non-hydrogen) atoms. The summed E-state index contributed by atoms with van der Waals surface area (Å²) >= 11 is 6.23. The van der Waals surface area contributed by atoms with Crippen molar-refractivity contribution in [3.8, 4) is 16.9 Å². The minimum atomic E-state index is -1.14. The molecule has 3 aromatic rings. The van der Waals surface area contributed by atoms with Crippen LogP contribution in [-0.2, 0) is 0 Å². The second-order valence-electron chi connectivity index (χ2n) is 4.77. The average molecular weight is 314 g/mol. The Labute approximate surface area is 131 Å². The molecule has 0 unspecified atom stereocenters. The van der Waals surface area contributed by atoms with Gasteiger partial charge < -0.3 is 5.11 Å². The number of carboxylic acid groups (broad SMARTS) is 1. The molecule has 3 rings (SSSR count). The van der Waals surface area contributed by atoms with Gasteiger partial charge in [-0.15, -0.1) is 5.10 Å². The van der Waals surface area contributed by atoms with E-state index in [1.165, 1.54) is 4.68 Å². The number of carbonyl (C=O) groups is 1. The number of aryl methyl sites for hydroxylation is 1. The van der Waals surface area contributed by atoms with Crippen LogP contribution in [0.3, 0.4) is 0 Å². The molecule has 1 aromatic heterocycles. The van der Waals surface area contributed by atoms with E-state index >= 15 is 0 Å². The molecular weight excluding hydrogens is 302 g/mol. The molecule has 0 spiro atoms. The van der Waals surface area contributed by atoms with Gasteiger partial charge in [0.05, 0.1) is 10.7 Å². The summed E-state index contributed by atoms with van der Waals surface area (Å²) in [6.07, 6.45) is 0. The largest absolute Gasteiger partial charge is 0.476 e. The summed E-state index contributed by atoms with van der Waals surface area (Å²) in [5, 5.41) is 17.7. The lowest BCUT2D eigenvalue weighted by Crippen LogP contribution is -2.04. The van der Waals surface area contributed by atoms with Gasteiger partial charge in [-0.3, -0.25) is 0 Å². The van der Waals surface area contributed by atoms with Crippen molar-refractivity contribution in [2.45, 2.75) is 6.92 Å². The second kappa shape index (κ2) is 5.61. The van der Waals surface area contributed by atoms with Gasteiger partial charge in [0.15, 0.2) is 5.69 Å². The lowest BCUT2D eigenvalue weighted by Gasteiger charge is -2.10. The number of hydrogen-bond donors (Lipinski definition) is 1. The highest BCUT2D eigenvalue weighted by Gasteiger charge is 2.23. The van der Waals surface area contributed by atoms with Crippen molar-refractivity contribution in [1.82, 2.24) is 15.0 Å². The van der Waals surface area contributed by atoms with Crippen LogP contribution in [0, 0.1) is 6.92 Å². The fourth-order valence-corrected chi connectivity index (χ4v) is 2.52. The number of aromatic nitrogens is 3. The van der Waals surface area contributed by atoms with Gasteiger partial charge in [0.25, 0.3) is 0 Å². The molecule has 0 radical (unpaired) electrons. The Bertz CT molecular complexity index is 858. The van der Waals surface area contributed by atoms with E-state index in [1.54, 1.807) is 24.3 Å². The third kappa shape index (κ3) is 2.35. The van der Waals surface area contributed by atoms with Crippen LogP contribution in [0.25, 0.3) is 16.9 Å². The normalized spacial score (nSPS) is 10.6. The first-order valence-electron chi connectivity index (χ1n) is 6.59. The summed E-state index contributed by atoms with van der Waals surface area (Å²) in [7, 11) is 0. The quantitative estimate of drug-likeness (QED) is 0.802. The van der Waals surface area contributed by atoms with Gasteiger partial charge in [0, 0.05) is 5.56 Å². The van der Waals surface area contributed by atoms with Gasteiger partial charge in [-0.2, -0.15) is 0 Å². The zero-order valence-corrected chi connectivity index (χ0v) is 12.4. The Hall–Kier alpha value is -2.66. The number of halogens is 1. The maximum absolute atomic E-state index is 11.5. The van der Waals surface area contributed by atoms with Crippen LogP contribution in [0.15, 0.2) is 48.5 Å². The van der Waals surface area contributed by atoms with E-state index in [1.807, 2.05) is 31.2 Å². The fourth-order valence-electron chi connectivity index (χ4n) is 2.29. The molecule has 0 fully saturated rings. The van der Waals surface area contributed by atoms with E-state index < -0.39 is 5.97 Å². The summed E-state index contributed by atoms with van der Waals surface area (Å²) < 4.78 is 1.51. The van der Waals surface area contributed by atoms with E-state index in [0.717, 1.165) is 11.3 Å². The smallest absolute Gasteiger partial charge is 0.358 e. The second-order valence-corrected chi connectivity index (χ2v) is 5.18. The van der Waals surface area contributed by atoms with Crippen molar-refractivity contribution in [3.63, 3.8) is 0 Å². The summed E-state index contributed by atoms with van der Waals surface area (Å²) in [5.74, 6) is -1.14. The van der Waals surface area contributed by atoms with Crippen molar-refractivity contribution >= 4 is 17.6 Å². The molecule has 110 valence electrons. The molecular formula is C16H12ClN3O2. The minimum Gasteiger partial charge on any atom is -0.476 e. The monoisotopic (exact) mass is 313 g/mol. The van der Waals surface area contributed by atoms with E-state index in [4.69, 9.17) is 11.6 Å². The molecule has 0 saturated carbocycles. The molecule has 0 aliphatic rings. The third-order valence-corrected chi connectivity index (χ3v) is 3.68. The van der Waals surface area contributed by atoms with Crippen molar-refractivity contribution in [2.75, 3.05) is 0 Å². The molecule has 0 saturated heterocycles. The lowest BCUT2D eigenvalue weighted by atomic mass is 10.1. The molecule has 0 aliphatic carbocycles. The van der Waals surface area contributed by atoms with E-state index in [-0.39, 0.29) is 5.69 Å². The summed E-state index contributed by atoms with van der Waals surface area (Å²) in [6, 6.07) is 14.6. The molecule has 0 amide bonds. The van der Waals surface area contributed by atoms with Gasteiger partial charge in [-0.25, -0.2) is 9.48 Å². The number of aromatic carboxylic acids is 1. The predicted octanol–water partition coefficient (Wildman–Crippen LogP) is 3.59. The maximum atomic E-state index is 11.5. The van der Waals surface area contributed by atoms with E-state index in [2.05, 4.69) is 10.3 Å². The summed E-state index contributed by atoms with van der Waals surface area (Å²) in [6.45, 7) is 1.92. The van der Waals surface area contributed by atoms with Crippen LogP contribution < -0.4 is 0 Å². The van der Waals surface area contributed by atoms with Gasteiger partial charge in [-0.05, 0) is 24.6 Å². The fraction of sp³-hybridized carbons (Fsp3) is 0.0625.